The van der Waals surface area contributed by atoms with Gasteiger partial charge in [0, 0.05) is 6.04 Å². The van der Waals surface area contributed by atoms with Gasteiger partial charge < -0.3 is 14.8 Å². The van der Waals surface area contributed by atoms with Crippen LogP contribution in [0.1, 0.15) is 25.5 Å². The van der Waals surface area contributed by atoms with Crippen molar-refractivity contribution in [1.82, 2.24) is 5.32 Å². The van der Waals surface area contributed by atoms with Gasteiger partial charge in [0.25, 0.3) is 0 Å². The molecular weight excluding hydrogens is 242 g/mol. The molecule has 1 rings (SSSR count). The van der Waals surface area contributed by atoms with Crippen LogP contribution < -0.4 is 10.1 Å². The third-order valence-corrected chi connectivity index (χ3v) is 3.31. The van der Waals surface area contributed by atoms with Gasteiger partial charge in [-0.1, -0.05) is 26.0 Å². The molecule has 0 aromatic heterocycles. The average Bonchev–Trinajstić information content (AvgIpc) is 2.43. The Morgan fingerprint density at radius 2 is 1.95 bits per heavy atom. The first-order chi connectivity index (χ1) is 9.04. The maximum absolute atomic E-state index is 12.0. The minimum atomic E-state index is -0.234. The average molecular weight is 265 g/mol. The highest BCUT2D eigenvalue weighted by Crippen LogP contribution is 2.30. The summed E-state index contributed by atoms with van der Waals surface area (Å²) in [4.78, 5) is 12.0. The van der Waals surface area contributed by atoms with E-state index in [9.17, 15) is 4.79 Å². The number of esters is 1. The zero-order valence-corrected chi connectivity index (χ0v) is 12.3. The van der Waals surface area contributed by atoms with E-state index in [0.29, 0.717) is 0 Å². The van der Waals surface area contributed by atoms with Crippen LogP contribution in [0.15, 0.2) is 24.3 Å². The largest absolute Gasteiger partial charge is 0.497 e. The molecule has 19 heavy (non-hydrogen) atoms. The predicted octanol–water partition coefficient (Wildman–Crippen LogP) is 2.40. The molecule has 0 radical (unpaired) electrons. The molecule has 2 unspecified atom stereocenters. The molecule has 4 nitrogen and oxygen atoms in total. The Balaban J connectivity index is 3.11. The molecule has 0 spiro atoms. The van der Waals surface area contributed by atoms with Crippen LogP contribution in [0.4, 0.5) is 0 Å². The van der Waals surface area contributed by atoms with Crippen molar-refractivity contribution in [1.29, 1.82) is 0 Å². The maximum Gasteiger partial charge on any atom is 0.310 e. The van der Waals surface area contributed by atoms with Gasteiger partial charge in [0.05, 0.1) is 20.1 Å². The first-order valence-corrected chi connectivity index (χ1v) is 6.44. The van der Waals surface area contributed by atoms with Gasteiger partial charge in [-0.2, -0.15) is 0 Å². The first-order valence-electron chi connectivity index (χ1n) is 6.44. The summed E-state index contributed by atoms with van der Waals surface area (Å²) in [5, 5.41) is 3.21. The monoisotopic (exact) mass is 265 g/mol. The van der Waals surface area contributed by atoms with Crippen LogP contribution in [0.2, 0.25) is 0 Å². The fraction of sp³-hybridized carbons (Fsp3) is 0.533. The second-order valence-corrected chi connectivity index (χ2v) is 4.84. The molecule has 0 bridgehead atoms. The van der Waals surface area contributed by atoms with E-state index >= 15 is 0 Å². The molecule has 0 fully saturated rings. The molecule has 0 amide bonds. The minimum absolute atomic E-state index is 0.0949. The summed E-state index contributed by atoms with van der Waals surface area (Å²) in [5.74, 6) is 0.528. The fourth-order valence-corrected chi connectivity index (χ4v) is 2.32. The van der Waals surface area contributed by atoms with Gasteiger partial charge in [0.15, 0.2) is 0 Å². The number of hydrogen-bond donors (Lipinski definition) is 1. The third-order valence-electron chi connectivity index (χ3n) is 3.31. The number of carbonyl (C=O) groups is 1. The van der Waals surface area contributed by atoms with Crippen LogP contribution in [0.3, 0.4) is 0 Å². The second-order valence-electron chi connectivity index (χ2n) is 4.84. The minimum Gasteiger partial charge on any atom is -0.497 e. The number of methoxy groups -OCH3 is 2. The molecule has 0 saturated heterocycles. The summed E-state index contributed by atoms with van der Waals surface area (Å²) in [6.07, 6.45) is 0. The molecule has 0 aliphatic heterocycles. The Hall–Kier alpha value is -1.55. The number of benzene rings is 1. The van der Waals surface area contributed by atoms with Crippen molar-refractivity contribution in [2.75, 3.05) is 21.3 Å². The number of carbonyl (C=O) groups excluding carboxylic acids is 1. The lowest BCUT2D eigenvalue weighted by atomic mass is 9.84. The van der Waals surface area contributed by atoms with E-state index in [0.717, 1.165) is 11.3 Å². The molecule has 1 aromatic carbocycles. The summed E-state index contributed by atoms with van der Waals surface area (Å²) in [6.45, 7) is 4.04. The van der Waals surface area contributed by atoms with Crippen LogP contribution in [-0.2, 0) is 9.53 Å². The van der Waals surface area contributed by atoms with Crippen molar-refractivity contribution in [2.24, 2.45) is 11.8 Å². The summed E-state index contributed by atoms with van der Waals surface area (Å²) in [5.41, 5.74) is 1.02. The molecule has 0 saturated carbocycles. The van der Waals surface area contributed by atoms with Gasteiger partial charge >= 0.3 is 5.97 Å². The Bertz CT molecular complexity index is 418. The van der Waals surface area contributed by atoms with Gasteiger partial charge in [0.2, 0.25) is 0 Å². The molecule has 0 heterocycles. The summed E-state index contributed by atoms with van der Waals surface area (Å²) in [6, 6.07) is 7.65. The van der Waals surface area contributed by atoms with E-state index in [-0.39, 0.29) is 23.8 Å². The van der Waals surface area contributed by atoms with Crippen LogP contribution in [0, 0.1) is 11.8 Å². The summed E-state index contributed by atoms with van der Waals surface area (Å²) in [7, 11) is 4.91. The SMILES string of the molecule is CNC(c1cccc(OC)c1)C(C(=O)OC)C(C)C. The zero-order chi connectivity index (χ0) is 14.4. The van der Waals surface area contributed by atoms with Crippen LogP contribution in [0.25, 0.3) is 0 Å². The van der Waals surface area contributed by atoms with Crippen molar-refractivity contribution in [2.45, 2.75) is 19.9 Å². The summed E-state index contributed by atoms with van der Waals surface area (Å²) >= 11 is 0. The molecular formula is C15H23NO3. The zero-order valence-electron chi connectivity index (χ0n) is 12.3. The van der Waals surface area contributed by atoms with Crippen molar-refractivity contribution in [3.05, 3.63) is 29.8 Å². The Labute approximate surface area is 115 Å². The van der Waals surface area contributed by atoms with Gasteiger partial charge in [-0.05, 0) is 30.7 Å². The number of rotatable bonds is 6. The topological polar surface area (TPSA) is 47.6 Å². The molecule has 4 heteroatoms. The highest BCUT2D eigenvalue weighted by Gasteiger charge is 2.32. The van der Waals surface area contributed by atoms with E-state index < -0.39 is 0 Å². The molecule has 0 aliphatic rings. The summed E-state index contributed by atoms with van der Waals surface area (Å²) < 4.78 is 10.2. The lowest BCUT2D eigenvalue weighted by molar-refractivity contribution is -0.148. The smallest absolute Gasteiger partial charge is 0.310 e. The van der Waals surface area contributed by atoms with Gasteiger partial charge in [0.1, 0.15) is 5.75 Å². The number of nitrogens with one attached hydrogen (secondary N) is 1. The van der Waals surface area contributed by atoms with E-state index in [1.807, 2.05) is 45.2 Å². The van der Waals surface area contributed by atoms with Crippen molar-refractivity contribution in [3.63, 3.8) is 0 Å². The number of ether oxygens (including phenoxy) is 2. The first kappa shape index (κ1) is 15.5. The van der Waals surface area contributed by atoms with E-state index in [1.165, 1.54) is 7.11 Å². The second kappa shape index (κ2) is 7.14. The highest BCUT2D eigenvalue weighted by atomic mass is 16.5. The molecule has 2 atom stereocenters. The van der Waals surface area contributed by atoms with Gasteiger partial charge in [-0.3, -0.25) is 4.79 Å². The van der Waals surface area contributed by atoms with Crippen LogP contribution in [0.5, 0.6) is 5.75 Å². The Morgan fingerprint density at radius 1 is 1.26 bits per heavy atom. The van der Waals surface area contributed by atoms with Gasteiger partial charge in [-0.25, -0.2) is 0 Å². The lowest BCUT2D eigenvalue weighted by Gasteiger charge is -2.28. The normalized spacial score (nSPS) is 14.0. The Kier molecular flexibility index (Phi) is 5.83. The van der Waals surface area contributed by atoms with Crippen molar-refractivity contribution >= 4 is 5.97 Å². The number of hydrogen-bond acceptors (Lipinski definition) is 4. The highest BCUT2D eigenvalue weighted by molar-refractivity contribution is 5.73. The van der Waals surface area contributed by atoms with E-state index in [4.69, 9.17) is 9.47 Å². The maximum atomic E-state index is 12.0. The van der Waals surface area contributed by atoms with Crippen molar-refractivity contribution < 1.29 is 14.3 Å². The van der Waals surface area contributed by atoms with Crippen LogP contribution >= 0.6 is 0 Å². The predicted molar refractivity (Wildman–Crippen MR) is 75.1 cm³/mol. The lowest BCUT2D eigenvalue weighted by Crippen LogP contribution is -2.35. The van der Waals surface area contributed by atoms with Crippen molar-refractivity contribution in [3.8, 4) is 5.75 Å². The fourth-order valence-electron chi connectivity index (χ4n) is 2.32. The quantitative estimate of drug-likeness (QED) is 0.802. The van der Waals surface area contributed by atoms with Crippen LogP contribution in [-0.4, -0.2) is 27.2 Å². The van der Waals surface area contributed by atoms with E-state index in [2.05, 4.69) is 5.32 Å². The molecule has 1 N–H and O–H groups in total. The molecule has 0 aliphatic carbocycles. The molecule has 1 aromatic rings. The van der Waals surface area contributed by atoms with Gasteiger partial charge in [-0.15, -0.1) is 0 Å². The Morgan fingerprint density at radius 3 is 2.42 bits per heavy atom. The standard InChI is InChI=1S/C15H23NO3/c1-10(2)13(15(17)19-5)14(16-3)11-7-6-8-12(9-11)18-4/h6-10,13-14,16H,1-5H3. The third kappa shape index (κ3) is 3.70. The molecule has 106 valence electrons. The van der Waals surface area contributed by atoms with E-state index in [1.54, 1.807) is 7.11 Å².